The second-order valence-electron chi connectivity index (χ2n) is 2.72. The highest BCUT2D eigenvalue weighted by Gasteiger charge is 2.07. The van der Waals surface area contributed by atoms with Gasteiger partial charge in [-0.05, 0) is 26.9 Å². The summed E-state index contributed by atoms with van der Waals surface area (Å²) in [6.45, 7) is 6.52. The second-order valence-corrected chi connectivity index (χ2v) is 2.72. The number of hydrogen-bond donors (Lipinski definition) is 0. The van der Waals surface area contributed by atoms with E-state index >= 15 is 0 Å². The van der Waals surface area contributed by atoms with Crippen molar-refractivity contribution >= 4 is 0 Å². The molecule has 1 heteroatoms. The van der Waals surface area contributed by atoms with Crippen LogP contribution >= 0.6 is 0 Å². The van der Waals surface area contributed by atoms with Gasteiger partial charge in [0.05, 0.1) is 0 Å². The first-order chi connectivity index (χ1) is 3.55. The predicted octanol–water partition coefficient (Wildman–Crippen LogP) is 1.55. The highest BCUT2D eigenvalue weighted by atomic mass is 15.1. The number of hydrogen-bond acceptors (Lipinski definition) is 1. The Balaban J connectivity index is 3.46. The van der Waals surface area contributed by atoms with E-state index in [0.717, 1.165) is 0 Å². The minimum absolute atomic E-state index is 0.620. The molecule has 0 rings (SSSR count). The fourth-order valence-corrected chi connectivity index (χ4v) is 0.516. The van der Waals surface area contributed by atoms with Gasteiger partial charge < -0.3 is 4.90 Å². The van der Waals surface area contributed by atoms with Crippen molar-refractivity contribution in [3.8, 4) is 0 Å². The molecule has 0 aliphatic rings. The Morgan fingerprint density at radius 2 is 1.62 bits per heavy atom. The standard InChI is InChI=1S/C7H16N/c1-6(2)7(3)8(4)5/h7H,1-5H3. The van der Waals surface area contributed by atoms with Gasteiger partial charge in [0, 0.05) is 6.04 Å². The van der Waals surface area contributed by atoms with Gasteiger partial charge in [0.25, 0.3) is 0 Å². The summed E-state index contributed by atoms with van der Waals surface area (Å²) in [5.41, 5.74) is 0. The summed E-state index contributed by atoms with van der Waals surface area (Å²) in [7, 11) is 4.19. The fourth-order valence-electron chi connectivity index (χ4n) is 0.516. The molecule has 0 spiro atoms. The summed E-state index contributed by atoms with van der Waals surface area (Å²) in [5, 5.41) is 0. The molecule has 0 aromatic carbocycles. The van der Waals surface area contributed by atoms with Crippen LogP contribution in [-0.4, -0.2) is 25.0 Å². The fraction of sp³-hybridized carbons (Fsp3) is 0.857. The van der Waals surface area contributed by atoms with E-state index in [1.54, 1.807) is 0 Å². The van der Waals surface area contributed by atoms with E-state index in [1.807, 2.05) is 0 Å². The van der Waals surface area contributed by atoms with Crippen LogP contribution in [0.4, 0.5) is 0 Å². The van der Waals surface area contributed by atoms with Gasteiger partial charge in [0.2, 0.25) is 0 Å². The molecule has 0 aliphatic carbocycles. The predicted molar refractivity (Wildman–Crippen MR) is 37.7 cm³/mol. The summed E-state index contributed by atoms with van der Waals surface area (Å²) in [6.07, 6.45) is 0. The molecular weight excluding hydrogens is 98.1 g/mol. The van der Waals surface area contributed by atoms with Crippen LogP contribution in [0.25, 0.3) is 0 Å². The second kappa shape index (κ2) is 3.08. The van der Waals surface area contributed by atoms with Crippen molar-refractivity contribution in [2.75, 3.05) is 14.1 Å². The molecule has 0 bridgehead atoms. The molecule has 1 nitrogen and oxygen atoms in total. The Labute approximate surface area is 52.7 Å². The molecule has 0 saturated heterocycles. The third-order valence-corrected chi connectivity index (χ3v) is 1.61. The van der Waals surface area contributed by atoms with Gasteiger partial charge in [0.1, 0.15) is 0 Å². The Kier molecular flexibility index (Phi) is 3.06. The van der Waals surface area contributed by atoms with E-state index < -0.39 is 0 Å². The molecule has 1 unspecified atom stereocenters. The van der Waals surface area contributed by atoms with Crippen LogP contribution in [0.5, 0.6) is 0 Å². The lowest BCUT2D eigenvalue weighted by molar-refractivity contribution is 0.326. The molecular formula is C7H16N. The van der Waals surface area contributed by atoms with Crippen molar-refractivity contribution in [2.24, 2.45) is 0 Å². The van der Waals surface area contributed by atoms with E-state index in [9.17, 15) is 0 Å². The summed E-state index contributed by atoms with van der Waals surface area (Å²) in [6, 6.07) is 0.620. The van der Waals surface area contributed by atoms with Gasteiger partial charge >= 0.3 is 0 Å². The minimum Gasteiger partial charge on any atom is -0.306 e. The molecule has 0 aliphatic heterocycles. The largest absolute Gasteiger partial charge is 0.306 e. The quantitative estimate of drug-likeness (QED) is 0.526. The van der Waals surface area contributed by atoms with Gasteiger partial charge in [-0.15, -0.1) is 0 Å². The Morgan fingerprint density at radius 1 is 1.25 bits per heavy atom. The normalized spacial score (nSPS) is 15.4. The van der Waals surface area contributed by atoms with Crippen LogP contribution in [0.1, 0.15) is 20.8 Å². The zero-order valence-electron chi connectivity index (χ0n) is 6.52. The molecule has 0 aromatic rings. The van der Waals surface area contributed by atoms with Crippen molar-refractivity contribution in [3.05, 3.63) is 5.92 Å². The third-order valence-electron chi connectivity index (χ3n) is 1.61. The van der Waals surface area contributed by atoms with E-state index in [-0.39, 0.29) is 0 Å². The van der Waals surface area contributed by atoms with Gasteiger partial charge in [-0.25, -0.2) is 0 Å². The van der Waals surface area contributed by atoms with E-state index in [4.69, 9.17) is 0 Å². The maximum absolute atomic E-state index is 2.20. The lowest BCUT2D eigenvalue weighted by Crippen LogP contribution is -2.28. The zero-order chi connectivity index (χ0) is 6.73. The molecule has 0 aromatic heterocycles. The molecule has 0 fully saturated rings. The minimum atomic E-state index is 0.620. The van der Waals surface area contributed by atoms with E-state index in [2.05, 4.69) is 39.8 Å². The van der Waals surface area contributed by atoms with Gasteiger partial charge in [0.15, 0.2) is 0 Å². The average Bonchev–Trinajstić information content (AvgIpc) is 1.64. The SMILES string of the molecule is C[C](C)C(C)N(C)C. The van der Waals surface area contributed by atoms with Crippen LogP contribution in [-0.2, 0) is 0 Å². The summed E-state index contributed by atoms with van der Waals surface area (Å²) in [5.74, 6) is 1.47. The molecule has 0 heterocycles. The molecule has 1 radical (unpaired) electrons. The monoisotopic (exact) mass is 114 g/mol. The van der Waals surface area contributed by atoms with Gasteiger partial charge in [-0.1, -0.05) is 13.8 Å². The third kappa shape index (κ3) is 2.31. The average molecular weight is 114 g/mol. The van der Waals surface area contributed by atoms with Crippen LogP contribution in [0.2, 0.25) is 0 Å². The summed E-state index contributed by atoms with van der Waals surface area (Å²) in [4.78, 5) is 2.20. The van der Waals surface area contributed by atoms with Crippen molar-refractivity contribution in [1.82, 2.24) is 4.90 Å². The van der Waals surface area contributed by atoms with Crippen molar-refractivity contribution < 1.29 is 0 Å². The Bertz CT molecular complexity index is 49.4. The molecule has 49 valence electrons. The van der Waals surface area contributed by atoms with E-state index in [1.165, 1.54) is 5.92 Å². The summed E-state index contributed by atoms with van der Waals surface area (Å²) >= 11 is 0. The lowest BCUT2D eigenvalue weighted by Gasteiger charge is -2.22. The van der Waals surface area contributed by atoms with Crippen LogP contribution in [0.3, 0.4) is 0 Å². The van der Waals surface area contributed by atoms with Crippen molar-refractivity contribution in [1.29, 1.82) is 0 Å². The van der Waals surface area contributed by atoms with Crippen molar-refractivity contribution in [3.63, 3.8) is 0 Å². The molecule has 0 saturated carbocycles. The number of nitrogens with zero attached hydrogens (tertiary/aromatic N) is 1. The zero-order valence-corrected chi connectivity index (χ0v) is 6.52. The molecule has 0 amide bonds. The maximum Gasteiger partial charge on any atom is 0.0118 e. The number of rotatable bonds is 2. The maximum atomic E-state index is 2.20. The first-order valence-electron chi connectivity index (χ1n) is 3.02. The van der Waals surface area contributed by atoms with Crippen LogP contribution in [0.15, 0.2) is 0 Å². The van der Waals surface area contributed by atoms with Crippen LogP contribution in [0, 0.1) is 5.92 Å². The Morgan fingerprint density at radius 3 is 1.62 bits per heavy atom. The highest BCUT2D eigenvalue weighted by molar-refractivity contribution is 4.88. The first kappa shape index (κ1) is 7.96. The van der Waals surface area contributed by atoms with Crippen LogP contribution < -0.4 is 0 Å². The Hall–Kier alpha value is -0.0400. The first-order valence-corrected chi connectivity index (χ1v) is 3.02. The summed E-state index contributed by atoms with van der Waals surface area (Å²) < 4.78 is 0. The lowest BCUT2D eigenvalue weighted by atomic mass is 10.1. The van der Waals surface area contributed by atoms with Crippen molar-refractivity contribution in [2.45, 2.75) is 26.8 Å². The topological polar surface area (TPSA) is 3.24 Å². The van der Waals surface area contributed by atoms with Gasteiger partial charge in [-0.3, -0.25) is 0 Å². The molecule has 0 N–H and O–H groups in total. The smallest absolute Gasteiger partial charge is 0.0118 e. The van der Waals surface area contributed by atoms with E-state index in [0.29, 0.717) is 6.04 Å². The highest BCUT2D eigenvalue weighted by Crippen LogP contribution is 2.06. The van der Waals surface area contributed by atoms with Gasteiger partial charge in [-0.2, -0.15) is 0 Å². The molecule has 8 heavy (non-hydrogen) atoms. The molecule has 1 atom stereocenters.